The van der Waals surface area contributed by atoms with Crippen molar-refractivity contribution >= 4 is 40.1 Å². The quantitative estimate of drug-likeness (QED) is 0.330. The number of hydrogen-bond acceptors (Lipinski definition) is 4. The highest BCUT2D eigenvalue weighted by Gasteiger charge is 2.63. The van der Waals surface area contributed by atoms with Gasteiger partial charge in [-0.3, -0.25) is 4.79 Å². The van der Waals surface area contributed by atoms with Crippen molar-refractivity contribution in [1.29, 1.82) is 10.5 Å². The van der Waals surface area contributed by atoms with Crippen molar-refractivity contribution in [2.75, 3.05) is 4.90 Å². The summed E-state index contributed by atoms with van der Waals surface area (Å²) in [6.07, 6.45) is 3.87. The number of benzene rings is 3. The Bertz CT molecular complexity index is 1300. The molecule has 32 heavy (non-hydrogen) atoms. The summed E-state index contributed by atoms with van der Waals surface area (Å²) >= 11 is 2.23. The summed E-state index contributed by atoms with van der Waals surface area (Å²) in [7, 11) is 0. The molecular formula is C27H18IN3O. The number of nitriles is 2. The van der Waals surface area contributed by atoms with Crippen molar-refractivity contribution in [3.63, 3.8) is 0 Å². The fraction of sp³-hybridized carbons (Fsp3) is 0.148. The molecule has 0 bridgehead atoms. The Morgan fingerprint density at radius 1 is 0.906 bits per heavy atom. The van der Waals surface area contributed by atoms with E-state index in [2.05, 4.69) is 34.7 Å². The minimum Gasteiger partial charge on any atom is -0.351 e. The lowest BCUT2D eigenvalue weighted by Gasteiger charge is -2.35. The molecule has 0 aliphatic carbocycles. The van der Waals surface area contributed by atoms with Gasteiger partial charge in [-0.05, 0) is 45.9 Å². The monoisotopic (exact) mass is 527 g/mol. The van der Waals surface area contributed by atoms with Crippen LogP contribution < -0.4 is 4.90 Å². The number of carbonyl (C=O) groups is 1. The topological polar surface area (TPSA) is 67.9 Å². The summed E-state index contributed by atoms with van der Waals surface area (Å²) < 4.78 is 0.938. The van der Waals surface area contributed by atoms with Crippen molar-refractivity contribution in [3.05, 3.63) is 105 Å². The molecular weight excluding hydrogens is 509 g/mol. The fourth-order valence-electron chi connectivity index (χ4n) is 5.08. The molecule has 0 aromatic heterocycles. The Labute approximate surface area is 200 Å². The average Bonchev–Trinajstić information content (AvgIpc) is 3.15. The molecule has 0 amide bonds. The number of hydrogen-bond donors (Lipinski definition) is 0. The molecule has 3 atom stereocenters. The molecule has 3 aromatic rings. The van der Waals surface area contributed by atoms with Crippen LogP contribution in [-0.2, 0) is 0 Å². The maximum absolute atomic E-state index is 14.0. The van der Waals surface area contributed by atoms with E-state index < -0.39 is 23.4 Å². The first-order valence-electron chi connectivity index (χ1n) is 10.3. The minimum atomic E-state index is -1.42. The van der Waals surface area contributed by atoms with E-state index in [9.17, 15) is 15.3 Å². The van der Waals surface area contributed by atoms with Crippen LogP contribution in [0.4, 0.5) is 5.69 Å². The van der Waals surface area contributed by atoms with Crippen LogP contribution in [-0.4, -0.2) is 17.9 Å². The van der Waals surface area contributed by atoms with E-state index in [0.717, 1.165) is 20.4 Å². The SMILES string of the molecule is N#CC1(C#N)[C@H](c2ccccc2I)[C@@H](C(=O)c2ccccc2)N2c3ccccc3C=C[C@@H]21. The third kappa shape index (κ3) is 2.89. The van der Waals surface area contributed by atoms with Gasteiger partial charge in [-0.25, -0.2) is 0 Å². The van der Waals surface area contributed by atoms with Crippen molar-refractivity contribution < 1.29 is 4.79 Å². The van der Waals surface area contributed by atoms with Gasteiger partial charge in [0.1, 0.15) is 6.04 Å². The van der Waals surface area contributed by atoms with E-state index in [1.54, 1.807) is 12.1 Å². The molecule has 0 radical (unpaired) electrons. The van der Waals surface area contributed by atoms with Crippen molar-refractivity contribution in [2.45, 2.75) is 18.0 Å². The summed E-state index contributed by atoms with van der Waals surface area (Å²) in [6, 6.07) is 28.2. The van der Waals surface area contributed by atoms with Crippen molar-refractivity contribution in [3.8, 4) is 12.1 Å². The summed E-state index contributed by atoms with van der Waals surface area (Å²) in [5.74, 6) is -0.697. The van der Waals surface area contributed by atoms with Gasteiger partial charge in [-0.2, -0.15) is 10.5 Å². The van der Waals surface area contributed by atoms with Gasteiger partial charge in [-0.15, -0.1) is 0 Å². The van der Waals surface area contributed by atoms with Gasteiger partial charge >= 0.3 is 0 Å². The average molecular weight is 527 g/mol. The molecule has 5 rings (SSSR count). The van der Waals surface area contributed by atoms with E-state index in [1.807, 2.05) is 83.8 Å². The van der Waals surface area contributed by atoms with Crippen molar-refractivity contribution in [1.82, 2.24) is 0 Å². The van der Waals surface area contributed by atoms with Crippen LogP contribution in [0.2, 0.25) is 0 Å². The van der Waals surface area contributed by atoms with Gasteiger partial charge in [0.25, 0.3) is 0 Å². The van der Waals surface area contributed by atoms with Crippen LogP contribution in [0.25, 0.3) is 6.08 Å². The zero-order chi connectivity index (χ0) is 22.3. The highest BCUT2D eigenvalue weighted by atomic mass is 127. The van der Waals surface area contributed by atoms with E-state index in [4.69, 9.17) is 0 Å². The van der Waals surface area contributed by atoms with Crippen LogP contribution >= 0.6 is 22.6 Å². The molecule has 0 saturated carbocycles. The van der Waals surface area contributed by atoms with Crippen molar-refractivity contribution in [2.24, 2.45) is 5.41 Å². The first-order chi connectivity index (χ1) is 15.6. The third-order valence-electron chi connectivity index (χ3n) is 6.48. The van der Waals surface area contributed by atoms with E-state index in [0.29, 0.717) is 5.56 Å². The molecule has 2 aliphatic heterocycles. The van der Waals surface area contributed by atoms with Gasteiger partial charge in [0.2, 0.25) is 0 Å². The zero-order valence-corrected chi connectivity index (χ0v) is 19.2. The molecule has 2 heterocycles. The minimum absolute atomic E-state index is 0.0854. The Morgan fingerprint density at radius 3 is 2.28 bits per heavy atom. The molecule has 0 spiro atoms. The molecule has 154 valence electrons. The number of rotatable bonds is 3. The molecule has 4 nitrogen and oxygen atoms in total. The molecule has 2 aliphatic rings. The largest absolute Gasteiger partial charge is 0.351 e. The lowest BCUT2D eigenvalue weighted by Crippen LogP contribution is -2.44. The predicted molar refractivity (Wildman–Crippen MR) is 132 cm³/mol. The predicted octanol–water partition coefficient (Wildman–Crippen LogP) is 5.58. The van der Waals surface area contributed by atoms with Gasteiger partial charge < -0.3 is 4.90 Å². The maximum atomic E-state index is 14.0. The molecule has 0 unspecified atom stereocenters. The molecule has 0 N–H and O–H groups in total. The lowest BCUT2D eigenvalue weighted by molar-refractivity contribution is 0.0951. The van der Waals surface area contributed by atoms with Crippen LogP contribution in [0.5, 0.6) is 0 Å². The van der Waals surface area contributed by atoms with Crippen LogP contribution in [0.1, 0.15) is 27.4 Å². The van der Waals surface area contributed by atoms with Crippen LogP contribution in [0, 0.1) is 31.6 Å². The Morgan fingerprint density at radius 2 is 1.56 bits per heavy atom. The number of para-hydroxylation sites is 1. The normalized spacial score (nSPS) is 22.3. The standard InChI is InChI=1S/C27H18IN3O/c28-21-12-6-5-11-20(21)24-25(26(32)19-9-2-1-3-10-19)31-22-13-7-4-8-18(22)14-15-23(31)27(24,16-29)17-30/h1-15,23-25H/t23-,24-,25+/m1/s1. The molecule has 5 heteroatoms. The Balaban J connectivity index is 1.81. The summed E-state index contributed by atoms with van der Waals surface area (Å²) in [4.78, 5) is 16.0. The lowest BCUT2D eigenvalue weighted by atomic mass is 9.69. The first kappa shape index (κ1) is 20.5. The van der Waals surface area contributed by atoms with E-state index >= 15 is 0 Å². The summed E-state index contributed by atoms with van der Waals surface area (Å²) in [6.45, 7) is 0. The van der Waals surface area contributed by atoms with Gasteiger partial charge in [-0.1, -0.05) is 78.9 Å². The molecule has 1 saturated heterocycles. The number of anilines is 1. The number of Topliss-reactive ketones (excluding diaryl/α,β-unsaturated/α-hetero) is 1. The van der Waals surface area contributed by atoms with Gasteiger partial charge in [0.05, 0.1) is 18.2 Å². The smallest absolute Gasteiger partial charge is 0.185 e. The van der Waals surface area contributed by atoms with Gasteiger partial charge in [0.15, 0.2) is 11.2 Å². The maximum Gasteiger partial charge on any atom is 0.185 e. The zero-order valence-electron chi connectivity index (χ0n) is 17.0. The van der Waals surface area contributed by atoms with E-state index in [1.165, 1.54) is 0 Å². The Hall–Kier alpha value is -3.42. The van der Waals surface area contributed by atoms with E-state index in [-0.39, 0.29) is 5.78 Å². The Kier molecular flexibility index (Phi) is 5.07. The van der Waals surface area contributed by atoms with Crippen LogP contribution in [0.3, 0.4) is 0 Å². The third-order valence-corrected chi connectivity index (χ3v) is 7.46. The second-order valence-corrected chi connectivity index (χ2v) is 9.20. The summed E-state index contributed by atoms with van der Waals surface area (Å²) in [5.41, 5.74) is 1.86. The number of nitrogens with zero attached hydrogens (tertiary/aromatic N) is 3. The second-order valence-electron chi connectivity index (χ2n) is 8.04. The first-order valence-corrected chi connectivity index (χ1v) is 11.4. The fourth-order valence-corrected chi connectivity index (χ4v) is 5.80. The molecule has 1 fully saturated rings. The highest BCUT2D eigenvalue weighted by Crippen LogP contribution is 2.56. The van der Waals surface area contributed by atoms with Crippen LogP contribution in [0.15, 0.2) is 84.9 Å². The number of carbonyl (C=O) groups excluding carboxylic acids is 1. The summed E-state index contributed by atoms with van der Waals surface area (Å²) in [5, 5.41) is 20.9. The number of halogens is 1. The number of ketones is 1. The van der Waals surface area contributed by atoms with Gasteiger partial charge in [0, 0.05) is 20.7 Å². The highest BCUT2D eigenvalue weighted by molar-refractivity contribution is 14.1. The number of fused-ring (bicyclic) bond motifs is 3. The second kappa shape index (κ2) is 7.93. The molecule has 3 aromatic carbocycles.